The summed E-state index contributed by atoms with van der Waals surface area (Å²) in [6.07, 6.45) is 2.64. The Bertz CT molecular complexity index is 530. The van der Waals surface area contributed by atoms with Crippen molar-refractivity contribution < 1.29 is 19.4 Å². The molecule has 2 rings (SSSR count). The summed E-state index contributed by atoms with van der Waals surface area (Å²) in [6, 6.07) is 2.67. The van der Waals surface area contributed by atoms with Crippen LogP contribution >= 0.6 is 11.8 Å². The predicted molar refractivity (Wildman–Crippen MR) is 78.9 cm³/mol. The molecule has 1 N–H and O–H groups in total. The normalized spacial score (nSPS) is 22.1. The lowest BCUT2D eigenvalue weighted by molar-refractivity contribution is -0.142. The van der Waals surface area contributed by atoms with Crippen LogP contribution in [0.3, 0.4) is 0 Å². The van der Waals surface area contributed by atoms with Crippen LogP contribution in [0.1, 0.15) is 31.7 Å². The van der Waals surface area contributed by atoms with Gasteiger partial charge in [-0.2, -0.15) is 0 Å². The number of pyridine rings is 1. The smallest absolute Gasteiger partial charge is 0.412 e. The van der Waals surface area contributed by atoms with E-state index in [0.717, 1.165) is 5.56 Å². The van der Waals surface area contributed by atoms with E-state index in [-0.39, 0.29) is 5.37 Å². The first kappa shape index (κ1) is 15.6. The first-order valence-electron chi connectivity index (χ1n) is 6.55. The zero-order chi connectivity index (χ0) is 15.6. The number of carbonyl (C=O) groups is 2. The van der Waals surface area contributed by atoms with Crippen LogP contribution in [0.25, 0.3) is 0 Å². The van der Waals surface area contributed by atoms with Gasteiger partial charge in [0.2, 0.25) is 0 Å². The van der Waals surface area contributed by atoms with E-state index in [9.17, 15) is 14.7 Å². The molecule has 1 fully saturated rings. The average Bonchev–Trinajstić information content (AvgIpc) is 2.82. The second-order valence-electron chi connectivity index (χ2n) is 5.71. The van der Waals surface area contributed by atoms with Crippen molar-refractivity contribution in [3.05, 3.63) is 30.1 Å². The van der Waals surface area contributed by atoms with Crippen molar-refractivity contribution in [2.24, 2.45) is 0 Å². The molecule has 0 bridgehead atoms. The molecule has 114 valence electrons. The van der Waals surface area contributed by atoms with Crippen LogP contribution in [0, 0.1) is 0 Å². The molecule has 2 heterocycles. The average molecular weight is 310 g/mol. The molecule has 0 spiro atoms. The molecular weight excluding hydrogens is 292 g/mol. The lowest BCUT2D eigenvalue weighted by Gasteiger charge is -2.30. The van der Waals surface area contributed by atoms with Gasteiger partial charge in [-0.15, -0.1) is 11.8 Å². The van der Waals surface area contributed by atoms with Gasteiger partial charge < -0.3 is 9.84 Å². The van der Waals surface area contributed by atoms with Gasteiger partial charge >= 0.3 is 12.1 Å². The van der Waals surface area contributed by atoms with E-state index in [4.69, 9.17) is 4.74 Å². The molecule has 0 radical (unpaired) electrons. The van der Waals surface area contributed by atoms with E-state index < -0.39 is 23.7 Å². The number of hydrogen-bond donors (Lipinski definition) is 1. The highest BCUT2D eigenvalue weighted by Crippen LogP contribution is 2.41. The van der Waals surface area contributed by atoms with Crippen LogP contribution in [0.5, 0.6) is 0 Å². The Balaban J connectivity index is 2.29. The Hall–Kier alpha value is -1.76. The zero-order valence-corrected chi connectivity index (χ0v) is 13.0. The molecule has 2 unspecified atom stereocenters. The summed E-state index contributed by atoms with van der Waals surface area (Å²) in [5, 5.41) is 8.95. The quantitative estimate of drug-likeness (QED) is 0.904. The summed E-state index contributed by atoms with van der Waals surface area (Å²) in [6.45, 7) is 5.27. The van der Waals surface area contributed by atoms with Gasteiger partial charge in [-0.25, -0.2) is 9.59 Å². The number of hydrogen-bond acceptors (Lipinski definition) is 5. The number of thioether (sulfide) groups is 1. The second kappa shape index (κ2) is 5.93. The van der Waals surface area contributed by atoms with E-state index in [1.165, 1.54) is 16.7 Å². The number of amides is 1. The van der Waals surface area contributed by atoms with Gasteiger partial charge in [0.1, 0.15) is 17.0 Å². The van der Waals surface area contributed by atoms with Crippen LogP contribution in [0.15, 0.2) is 24.5 Å². The maximum Gasteiger partial charge on any atom is 0.412 e. The summed E-state index contributed by atoms with van der Waals surface area (Å²) in [5.41, 5.74) is 0.167. The number of ether oxygens (including phenoxy) is 1. The number of nitrogens with zero attached hydrogens (tertiary/aromatic N) is 2. The molecule has 1 aliphatic rings. The molecule has 0 saturated carbocycles. The fraction of sp³-hybridized carbons (Fsp3) is 0.500. The summed E-state index contributed by atoms with van der Waals surface area (Å²) < 4.78 is 5.35. The van der Waals surface area contributed by atoms with Crippen molar-refractivity contribution in [2.75, 3.05) is 5.75 Å². The van der Waals surface area contributed by atoms with Crippen molar-refractivity contribution in [3.8, 4) is 0 Å². The number of carboxylic acids is 1. The predicted octanol–water partition coefficient (Wildman–Crippen LogP) is 2.52. The zero-order valence-electron chi connectivity index (χ0n) is 12.1. The Morgan fingerprint density at radius 1 is 1.38 bits per heavy atom. The lowest BCUT2D eigenvalue weighted by Crippen LogP contribution is -2.45. The molecule has 1 aromatic rings. The van der Waals surface area contributed by atoms with Gasteiger partial charge in [0, 0.05) is 18.1 Å². The van der Waals surface area contributed by atoms with Crippen molar-refractivity contribution in [3.63, 3.8) is 0 Å². The van der Waals surface area contributed by atoms with Gasteiger partial charge in [0.05, 0.1) is 0 Å². The van der Waals surface area contributed by atoms with Crippen LogP contribution in [0.4, 0.5) is 4.79 Å². The van der Waals surface area contributed by atoms with Crippen molar-refractivity contribution in [2.45, 2.75) is 37.8 Å². The third-order valence-electron chi connectivity index (χ3n) is 2.88. The Kier molecular flexibility index (Phi) is 4.41. The van der Waals surface area contributed by atoms with E-state index in [0.29, 0.717) is 5.75 Å². The third kappa shape index (κ3) is 3.66. The third-order valence-corrected chi connectivity index (χ3v) is 4.20. The summed E-state index contributed by atoms with van der Waals surface area (Å²) >= 11 is 1.41. The van der Waals surface area contributed by atoms with Gasteiger partial charge in [-0.3, -0.25) is 9.88 Å². The molecule has 0 aliphatic carbocycles. The number of carboxylic acid groups (broad SMARTS) is 1. The molecule has 1 aromatic heterocycles. The number of carbonyl (C=O) groups excluding carboxylic acids is 1. The second-order valence-corrected chi connectivity index (χ2v) is 6.82. The van der Waals surface area contributed by atoms with Gasteiger partial charge in [0.15, 0.2) is 0 Å². The number of rotatable bonds is 2. The molecule has 21 heavy (non-hydrogen) atoms. The molecule has 0 aromatic carbocycles. The first-order chi connectivity index (χ1) is 9.79. The van der Waals surface area contributed by atoms with Crippen LogP contribution in [-0.4, -0.2) is 44.4 Å². The van der Waals surface area contributed by atoms with Crippen LogP contribution in [-0.2, 0) is 9.53 Å². The molecule has 2 atom stereocenters. The molecule has 1 aliphatic heterocycles. The van der Waals surface area contributed by atoms with Gasteiger partial charge in [-0.1, -0.05) is 0 Å². The minimum absolute atomic E-state index is 0.335. The molecular formula is C14H18N2O4S. The fourth-order valence-electron chi connectivity index (χ4n) is 2.02. The van der Waals surface area contributed by atoms with Gasteiger partial charge in [0.25, 0.3) is 0 Å². The minimum atomic E-state index is -1.02. The fourth-order valence-corrected chi connectivity index (χ4v) is 3.43. The van der Waals surface area contributed by atoms with E-state index in [2.05, 4.69) is 4.98 Å². The van der Waals surface area contributed by atoms with Crippen molar-refractivity contribution in [1.82, 2.24) is 9.88 Å². The van der Waals surface area contributed by atoms with E-state index in [1.54, 1.807) is 45.3 Å². The number of aromatic nitrogens is 1. The topological polar surface area (TPSA) is 79.7 Å². The maximum atomic E-state index is 12.4. The van der Waals surface area contributed by atoms with E-state index >= 15 is 0 Å². The van der Waals surface area contributed by atoms with Crippen LogP contribution in [0.2, 0.25) is 0 Å². The van der Waals surface area contributed by atoms with Crippen molar-refractivity contribution >= 4 is 23.8 Å². The SMILES string of the molecule is CC(C)(C)OC(=O)N1C(C(=O)O)CSC1c1ccncc1. The Labute approximate surface area is 127 Å². The highest BCUT2D eigenvalue weighted by molar-refractivity contribution is 7.99. The molecule has 1 amide bonds. The number of aliphatic carboxylic acids is 1. The van der Waals surface area contributed by atoms with Crippen molar-refractivity contribution in [1.29, 1.82) is 0 Å². The minimum Gasteiger partial charge on any atom is -0.480 e. The summed E-state index contributed by atoms with van der Waals surface area (Å²) in [4.78, 5) is 29.0. The van der Waals surface area contributed by atoms with Crippen LogP contribution < -0.4 is 0 Å². The monoisotopic (exact) mass is 310 g/mol. The Morgan fingerprint density at radius 3 is 2.52 bits per heavy atom. The Morgan fingerprint density at radius 2 is 2.00 bits per heavy atom. The lowest BCUT2D eigenvalue weighted by atomic mass is 10.2. The highest BCUT2D eigenvalue weighted by atomic mass is 32.2. The standard InChI is InChI=1S/C14H18N2O4S/c1-14(2,3)20-13(19)16-10(12(17)18)8-21-11(16)9-4-6-15-7-5-9/h4-7,10-11H,8H2,1-3H3,(H,17,18). The molecule has 1 saturated heterocycles. The first-order valence-corrected chi connectivity index (χ1v) is 7.60. The summed E-state index contributed by atoms with van der Waals surface area (Å²) in [5.74, 6) is -0.688. The summed E-state index contributed by atoms with van der Waals surface area (Å²) in [7, 11) is 0. The van der Waals surface area contributed by atoms with E-state index in [1.807, 2.05) is 0 Å². The largest absolute Gasteiger partial charge is 0.480 e. The highest BCUT2D eigenvalue weighted by Gasteiger charge is 2.44. The molecule has 7 heteroatoms. The maximum absolute atomic E-state index is 12.4. The van der Waals surface area contributed by atoms with Gasteiger partial charge in [-0.05, 0) is 38.5 Å². The molecule has 6 nitrogen and oxygen atoms in total.